The molecule has 1 aliphatic rings. The Labute approximate surface area is 78.4 Å². The molecule has 2 unspecified atom stereocenters. The first kappa shape index (κ1) is 8.48. The van der Waals surface area contributed by atoms with Crippen LogP contribution in [-0.4, -0.2) is 6.04 Å². The molecule has 0 amide bonds. The van der Waals surface area contributed by atoms with Gasteiger partial charge in [-0.05, 0) is 17.5 Å². The van der Waals surface area contributed by atoms with Gasteiger partial charge < -0.3 is 0 Å². The second-order valence-corrected chi connectivity index (χ2v) is 3.44. The maximum Gasteiger partial charge on any atom is 0.0459 e. The van der Waals surface area contributed by atoms with Gasteiger partial charge in [0.15, 0.2) is 0 Å². The largest absolute Gasteiger partial charge is 0.271 e. The minimum atomic E-state index is 0.204. The van der Waals surface area contributed by atoms with Crippen LogP contribution in [0.2, 0.25) is 0 Å². The maximum absolute atomic E-state index is 5.43. The van der Waals surface area contributed by atoms with E-state index in [4.69, 9.17) is 5.84 Å². The first-order valence-corrected chi connectivity index (χ1v) is 4.53. The van der Waals surface area contributed by atoms with Crippen LogP contribution in [0.25, 0.3) is 0 Å². The third kappa shape index (κ3) is 1.28. The number of nitrogens with two attached hydrogens (primary N) is 1. The lowest BCUT2D eigenvalue weighted by atomic mass is 9.73. The molecular weight excluding hydrogens is 160 g/mol. The van der Waals surface area contributed by atoms with Gasteiger partial charge in [-0.1, -0.05) is 30.3 Å². The van der Waals surface area contributed by atoms with Gasteiger partial charge in [-0.15, -0.1) is 6.58 Å². The van der Waals surface area contributed by atoms with Crippen LogP contribution in [0.1, 0.15) is 17.0 Å². The Hall–Kier alpha value is -1.12. The summed E-state index contributed by atoms with van der Waals surface area (Å²) in [5.41, 5.74) is 5.62. The Morgan fingerprint density at radius 3 is 2.92 bits per heavy atom. The lowest BCUT2D eigenvalue weighted by Gasteiger charge is -2.34. The van der Waals surface area contributed by atoms with Gasteiger partial charge in [0.1, 0.15) is 0 Å². The summed E-state index contributed by atoms with van der Waals surface area (Å²) >= 11 is 0. The third-order valence-electron chi connectivity index (χ3n) is 2.77. The molecule has 0 saturated carbocycles. The highest BCUT2D eigenvalue weighted by molar-refractivity contribution is 5.42. The van der Waals surface area contributed by atoms with Crippen LogP contribution in [0.3, 0.4) is 0 Å². The molecule has 2 heteroatoms. The quantitative estimate of drug-likeness (QED) is 0.412. The van der Waals surface area contributed by atoms with Gasteiger partial charge in [0.05, 0.1) is 0 Å². The van der Waals surface area contributed by atoms with Gasteiger partial charge in [-0.3, -0.25) is 11.3 Å². The van der Waals surface area contributed by atoms with Crippen molar-refractivity contribution in [2.75, 3.05) is 0 Å². The average Bonchev–Trinajstić information content (AvgIpc) is 2.14. The van der Waals surface area contributed by atoms with E-state index in [0.29, 0.717) is 5.92 Å². The molecule has 0 saturated heterocycles. The van der Waals surface area contributed by atoms with Gasteiger partial charge in [-0.25, -0.2) is 0 Å². The Morgan fingerprint density at radius 2 is 2.31 bits per heavy atom. The molecule has 2 rings (SSSR count). The topological polar surface area (TPSA) is 38.0 Å². The summed E-state index contributed by atoms with van der Waals surface area (Å²) in [6, 6.07) is 8.69. The molecule has 1 aromatic carbocycles. The van der Waals surface area contributed by atoms with Crippen LogP contribution >= 0.6 is 0 Å². The van der Waals surface area contributed by atoms with Gasteiger partial charge in [0.25, 0.3) is 0 Å². The van der Waals surface area contributed by atoms with Crippen LogP contribution in [0.4, 0.5) is 0 Å². The predicted molar refractivity (Wildman–Crippen MR) is 54.2 cm³/mol. The molecule has 0 aliphatic heterocycles. The van der Waals surface area contributed by atoms with Crippen LogP contribution < -0.4 is 11.3 Å². The minimum absolute atomic E-state index is 0.204. The van der Waals surface area contributed by atoms with Gasteiger partial charge in [-0.2, -0.15) is 0 Å². The normalized spacial score (nSPS) is 21.5. The summed E-state index contributed by atoms with van der Waals surface area (Å²) in [5.74, 6) is 5.94. The smallest absolute Gasteiger partial charge is 0.0459 e. The summed E-state index contributed by atoms with van der Waals surface area (Å²) < 4.78 is 0. The van der Waals surface area contributed by atoms with E-state index in [1.165, 1.54) is 11.1 Å². The lowest BCUT2D eigenvalue weighted by Crippen LogP contribution is -2.42. The number of hydrazine groups is 1. The van der Waals surface area contributed by atoms with Crippen molar-refractivity contribution >= 4 is 0 Å². The van der Waals surface area contributed by atoms with Crippen molar-refractivity contribution in [2.24, 2.45) is 5.84 Å². The Bertz CT molecular complexity index is 320. The summed E-state index contributed by atoms with van der Waals surface area (Å²) in [4.78, 5) is 0. The molecule has 3 N–H and O–H groups in total. The van der Waals surface area contributed by atoms with Crippen molar-refractivity contribution in [1.29, 1.82) is 0 Å². The highest BCUT2D eigenvalue weighted by atomic mass is 15.2. The lowest BCUT2D eigenvalue weighted by molar-refractivity contribution is 0.469. The molecule has 0 heterocycles. The van der Waals surface area contributed by atoms with Crippen LogP contribution in [0, 0.1) is 0 Å². The molecule has 1 aliphatic carbocycles. The molecule has 0 fully saturated rings. The molecule has 2 nitrogen and oxygen atoms in total. The Kier molecular flexibility index (Phi) is 2.17. The van der Waals surface area contributed by atoms with E-state index in [-0.39, 0.29) is 6.04 Å². The molecule has 13 heavy (non-hydrogen) atoms. The standard InChI is InChI=1S/C11H14N2/c1-2-11(13-12)10-7-8-5-3-4-6-9(8)10/h2-6,10-11,13H,1,7,12H2. The second-order valence-electron chi connectivity index (χ2n) is 3.44. The van der Waals surface area contributed by atoms with Crippen molar-refractivity contribution in [3.63, 3.8) is 0 Å². The van der Waals surface area contributed by atoms with Crippen LogP contribution in [0.15, 0.2) is 36.9 Å². The predicted octanol–water partition coefficient (Wildman–Crippen LogP) is 1.34. The zero-order valence-corrected chi connectivity index (χ0v) is 7.53. The van der Waals surface area contributed by atoms with E-state index < -0.39 is 0 Å². The SMILES string of the molecule is C=CC(NN)C1Cc2ccccc21. The molecular formula is C11H14N2. The van der Waals surface area contributed by atoms with Crippen molar-refractivity contribution in [1.82, 2.24) is 5.43 Å². The molecule has 0 aromatic heterocycles. The van der Waals surface area contributed by atoms with Crippen LogP contribution in [0.5, 0.6) is 0 Å². The number of hydrogen-bond donors (Lipinski definition) is 2. The minimum Gasteiger partial charge on any atom is -0.271 e. The average molecular weight is 174 g/mol. The zero-order valence-electron chi connectivity index (χ0n) is 7.53. The molecule has 2 atom stereocenters. The molecule has 0 spiro atoms. The fourth-order valence-electron chi connectivity index (χ4n) is 1.97. The van der Waals surface area contributed by atoms with Gasteiger partial charge >= 0.3 is 0 Å². The van der Waals surface area contributed by atoms with Gasteiger partial charge in [0, 0.05) is 12.0 Å². The summed E-state index contributed by atoms with van der Waals surface area (Å²) in [6.07, 6.45) is 2.98. The maximum atomic E-state index is 5.43. The van der Waals surface area contributed by atoms with E-state index in [1.807, 2.05) is 6.08 Å². The second kappa shape index (κ2) is 3.32. The van der Waals surface area contributed by atoms with Crippen molar-refractivity contribution in [3.05, 3.63) is 48.0 Å². The highest BCUT2D eigenvalue weighted by Gasteiger charge is 2.30. The van der Waals surface area contributed by atoms with Crippen molar-refractivity contribution < 1.29 is 0 Å². The van der Waals surface area contributed by atoms with Crippen molar-refractivity contribution in [3.8, 4) is 0 Å². The monoisotopic (exact) mass is 174 g/mol. The number of benzene rings is 1. The summed E-state index contributed by atoms with van der Waals surface area (Å²) in [6.45, 7) is 3.77. The number of nitrogens with one attached hydrogen (secondary N) is 1. The highest BCUT2D eigenvalue weighted by Crippen LogP contribution is 2.37. The van der Waals surface area contributed by atoms with Crippen molar-refractivity contribution in [2.45, 2.75) is 18.4 Å². The Morgan fingerprint density at radius 1 is 1.54 bits per heavy atom. The Balaban J connectivity index is 2.20. The number of rotatable bonds is 3. The van der Waals surface area contributed by atoms with E-state index in [9.17, 15) is 0 Å². The van der Waals surface area contributed by atoms with E-state index in [1.54, 1.807) is 0 Å². The van der Waals surface area contributed by atoms with Gasteiger partial charge in [0.2, 0.25) is 0 Å². The van der Waals surface area contributed by atoms with E-state index in [0.717, 1.165) is 6.42 Å². The molecule has 68 valence electrons. The van der Waals surface area contributed by atoms with E-state index in [2.05, 4.69) is 36.3 Å². The third-order valence-corrected chi connectivity index (χ3v) is 2.77. The first-order valence-electron chi connectivity index (χ1n) is 4.53. The molecule has 0 bridgehead atoms. The van der Waals surface area contributed by atoms with Crippen LogP contribution in [-0.2, 0) is 6.42 Å². The number of hydrogen-bond acceptors (Lipinski definition) is 2. The van der Waals surface area contributed by atoms with E-state index >= 15 is 0 Å². The summed E-state index contributed by atoms with van der Waals surface area (Å²) in [5, 5.41) is 0. The summed E-state index contributed by atoms with van der Waals surface area (Å²) in [7, 11) is 0. The molecule has 0 radical (unpaired) electrons. The molecule has 1 aromatic rings. The zero-order chi connectivity index (χ0) is 9.26. The first-order chi connectivity index (χ1) is 6.36. The number of fused-ring (bicyclic) bond motifs is 1. The fourth-order valence-corrected chi connectivity index (χ4v) is 1.97. The fraction of sp³-hybridized carbons (Fsp3) is 0.273.